The molecule has 1 aliphatic heterocycles. The average Bonchev–Trinajstić information content (AvgIpc) is 2.69. The highest BCUT2D eigenvalue weighted by molar-refractivity contribution is 6.31. The number of halogens is 1. The van der Waals surface area contributed by atoms with Crippen LogP contribution in [0.3, 0.4) is 0 Å². The molecular formula is C13H13ClN2O4. The molecule has 1 heterocycles. The molecule has 0 spiro atoms. The van der Waals surface area contributed by atoms with Crippen LogP contribution in [-0.4, -0.2) is 41.4 Å². The molecule has 7 heteroatoms. The van der Waals surface area contributed by atoms with Crippen molar-refractivity contribution in [2.24, 2.45) is 5.92 Å². The molecule has 2 N–H and O–H groups in total. The molecule has 106 valence electrons. The lowest BCUT2D eigenvalue weighted by Crippen LogP contribution is -2.25. The third kappa shape index (κ3) is 3.08. The number of amides is 2. The molecule has 0 bridgehead atoms. The van der Waals surface area contributed by atoms with Gasteiger partial charge < -0.3 is 15.3 Å². The number of hydrogen-bond donors (Lipinski definition) is 2. The molecule has 0 saturated carbocycles. The van der Waals surface area contributed by atoms with Crippen LogP contribution in [0.25, 0.3) is 0 Å². The first kappa shape index (κ1) is 14.3. The van der Waals surface area contributed by atoms with Crippen LogP contribution in [0.2, 0.25) is 5.02 Å². The zero-order valence-corrected chi connectivity index (χ0v) is 11.5. The molecule has 1 atom stereocenters. The maximum Gasteiger partial charge on any atom is 0.335 e. The SMILES string of the molecule is CN1CC(C(=O)Nc2cc(Cl)cc(C(=O)O)c2)CC1=O. The third-order valence-electron chi connectivity index (χ3n) is 3.12. The highest BCUT2D eigenvalue weighted by Gasteiger charge is 2.32. The number of benzene rings is 1. The Hall–Kier alpha value is -2.08. The Morgan fingerprint density at radius 2 is 2.10 bits per heavy atom. The number of hydrogen-bond acceptors (Lipinski definition) is 3. The number of carboxylic acid groups (broad SMARTS) is 1. The summed E-state index contributed by atoms with van der Waals surface area (Å²) in [4.78, 5) is 35.8. The van der Waals surface area contributed by atoms with Crippen LogP contribution in [0.15, 0.2) is 18.2 Å². The van der Waals surface area contributed by atoms with Crippen LogP contribution in [0.1, 0.15) is 16.8 Å². The van der Waals surface area contributed by atoms with Crippen molar-refractivity contribution in [1.82, 2.24) is 4.90 Å². The van der Waals surface area contributed by atoms with E-state index in [1.54, 1.807) is 7.05 Å². The highest BCUT2D eigenvalue weighted by Crippen LogP contribution is 2.22. The average molecular weight is 297 g/mol. The van der Waals surface area contributed by atoms with Crippen molar-refractivity contribution in [3.05, 3.63) is 28.8 Å². The third-order valence-corrected chi connectivity index (χ3v) is 3.34. The predicted octanol–water partition coefficient (Wildman–Crippen LogP) is 1.45. The Bertz CT molecular complexity index is 588. The van der Waals surface area contributed by atoms with Crippen molar-refractivity contribution >= 4 is 35.1 Å². The lowest BCUT2D eigenvalue weighted by atomic mass is 10.1. The molecule has 1 aliphatic rings. The van der Waals surface area contributed by atoms with Crippen LogP contribution >= 0.6 is 11.6 Å². The second-order valence-corrected chi connectivity index (χ2v) is 5.13. The number of carbonyl (C=O) groups excluding carboxylic acids is 2. The van der Waals surface area contributed by atoms with Crippen LogP contribution < -0.4 is 5.32 Å². The fourth-order valence-electron chi connectivity index (χ4n) is 2.07. The largest absolute Gasteiger partial charge is 0.478 e. The van der Waals surface area contributed by atoms with Crippen molar-refractivity contribution in [1.29, 1.82) is 0 Å². The van der Waals surface area contributed by atoms with Gasteiger partial charge in [-0.05, 0) is 18.2 Å². The summed E-state index contributed by atoms with van der Waals surface area (Å²) in [5, 5.41) is 11.7. The Morgan fingerprint density at radius 1 is 1.40 bits per heavy atom. The van der Waals surface area contributed by atoms with Crippen LogP contribution in [0.5, 0.6) is 0 Å². The Labute approximate surface area is 120 Å². The van der Waals surface area contributed by atoms with Gasteiger partial charge in [-0.3, -0.25) is 9.59 Å². The van der Waals surface area contributed by atoms with Crippen molar-refractivity contribution in [3.63, 3.8) is 0 Å². The molecule has 2 rings (SSSR count). The van der Waals surface area contributed by atoms with Gasteiger partial charge in [0.1, 0.15) is 0 Å². The standard InChI is InChI=1S/C13H13ClN2O4/c1-16-6-8(4-11(16)17)12(18)15-10-3-7(13(19)20)2-9(14)5-10/h2-3,5,8H,4,6H2,1H3,(H,15,18)(H,19,20). The summed E-state index contributed by atoms with van der Waals surface area (Å²) in [6, 6.07) is 4.09. The fraction of sp³-hybridized carbons (Fsp3) is 0.308. The minimum Gasteiger partial charge on any atom is -0.478 e. The summed E-state index contributed by atoms with van der Waals surface area (Å²) in [6.45, 7) is 0.358. The zero-order valence-electron chi connectivity index (χ0n) is 10.7. The first-order valence-corrected chi connectivity index (χ1v) is 6.33. The number of aromatic carboxylic acids is 1. The summed E-state index contributed by atoms with van der Waals surface area (Å²) < 4.78 is 0. The quantitative estimate of drug-likeness (QED) is 0.884. The molecule has 0 aromatic heterocycles. The fourth-order valence-corrected chi connectivity index (χ4v) is 2.30. The molecule has 0 radical (unpaired) electrons. The van der Waals surface area contributed by atoms with Gasteiger partial charge in [0.25, 0.3) is 0 Å². The smallest absolute Gasteiger partial charge is 0.335 e. The Morgan fingerprint density at radius 3 is 2.65 bits per heavy atom. The van der Waals surface area contributed by atoms with Gasteiger partial charge in [0.15, 0.2) is 0 Å². The lowest BCUT2D eigenvalue weighted by Gasteiger charge is -2.11. The second kappa shape index (κ2) is 5.50. The number of nitrogens with zero attached hydrogens (tertiary/aromatic N) is 1. The first-order chi connectivity index (χ1) is 9.36. The van der Waals surface area contributed by atoms with Crippen LogP contribution in [0.4, 0.5) is 5.69 Å². The van der Waals surface area contributed by atoms with Gasteiger partial charge >= 0.3 is 5.97 Å². The molecule has 0 aliphatic carbocycles. The predicted molar refractivity (Wildman–Crippen MR) is 72.8 cm³/mol. The molecule has 1 fully saturated rings. The second-order valence-electron chi connectivity index (χ2n) is 4.70. The minimum absolute atomic E-state index is 0.00702. The number of carbonyl (C=O) groups is 3. The summed E-state index contributed by atoms with van der Waals surface area (Å²) in [6.07, 6.45) is 0.161. The topological polar surface area (TPSA) is 86.7 Å². The highest BCUT2D eigenvalue weighted by atomic mass is 35.5. The first-order valence-electron chi connectivity index (χ1n) is 5.95. The molecule has 1 unspecified atom stereocenters. The van der Waals surface area contributed by atoms with Gasteiger partial charge in [0.2, 0.25) is 11.8 Å². The zero-order chi connectivity index (χ0) is 14.9. The number of likely N-dealkylation sites (tertiary alicyclic amines) is 1. The van der Waals surface area contributed by atoms with Crippen molar-refractivity contribution in [2.75, 3.05) is 18.9 Å². The Balaban J connectivity index is 2.12. The summed E-state index contributed by atoms with van der Waals surface area (Å²) >= 11 is 5.81. The van der Waals surface area contributed by atoms with Crippen molar-refractivity contribution in [2.45, 2.75) is 6.42 Å². The molecular weight excluding hydrogens is 284 g/mol. The normalized spacial score (nSPS) is 18.2. The summed E-state index contributed by atoms with van der Waals surface area (Å²) in [7, 11) is 1.64. The molecule has 1 saturated heterocycles. The lowest BCUT2D eigenvalue weighted by molar-refractivity contribution is -0.127. The monoisotopic (exact) mass is 296 g/mol. The van der Waals surface area contributed by atoms with Gasteiger partial charge in [0, 0.05) is 30.7 Å². The van der Waals surface area contributed by atoms with E-state index in [4.69, 9.17) is 16.7 Å². The van der Waals surface area contributed by atoms with Gasteiger partial charge in [-0.25, -0.2) is 4.79 Å². The van der Waals surface area contributed by atoms with E-state index in [2.05, 4.69) is 5.32 Å². The Kier molecular flexibility index (Phi) is 3.94. The summed E-state index contributed by atoms with van der Waals surface area (Å²) in [5.74, 6) is -1.96. The van der Waals surface area contributed by atoms with Gasteiger partial charge in [0.05, 0.1) is 11.5 Å². The molecule has 1 aromatic carbocycles. The van der Waals surface area contributed by atoms with Crippen LogP contribution in [0, 0.1) is 5.92 Å². The molecule has 6 nitrogen and oxygen atoms in total. The molecule has 2 amide bonds. The van der Waals surface area contributed by atoms with E-state index in [0.29, 0.717) is 12.2 Å². The molecule has 20 heavy (non-hydrogen) atoms. The number of anilines is 1. The summed E-state index contributed by atoms with van der Waals surface area (Å²) in [5.41, 5.74) is 0.300. The van der Waals surface area contributed by atoms with Gasteiger partial charge in [-0.1, -0.05) is 11.6 Å². The number of rotatable bonds is 3. The molecule has 1 aromatic rings. The van der Waals surface area contributed by atoms with E-state index in [-0.39, 0.29) is 28.8 Å². The van der Waals surface area contributed by atoms with Crippen molar-refractivity contribution < 1.29 is 19.5 Å². The maximum absolute atomic E-state index is 12.0. The van der Waals surface area contributed by atoms with Crippen molar-refractivity contribution in [3.8, 4) is 0 Å². The van der Waals surface area contributed by atoms with E-state index < -0.39 is 11.9 Å². The van der Waals surface area contributed by atoms with E-state index in [1.807, 2.05) is 0 Å². The van der Waals surface area contributed by atoms with E-state index in [0.717, 1.165) is 0 Å². The number of nitrogens with one attached hydrogen (secondary N) is 1. The number of carboxylic acids is 1. The van der Waals surface area contributed by atoms with Crippen LogP contribution in [-0.2, 0) is 9.59 Å². The van der Waals surface area contributed by atoms with E-state index in [1.165, 1.54) is 23.1 Å². The van der Waals surface area contributed by atoms with Gasteiger partial charge in [-0.15, -0.1) is 0 Å². The van der Waals surface area contributed by atoms with E-state index >= 15 is 0 Å². The maximum atomic E-state index is 12.0. The van der Waals surface area contributed by atoms with E-state index in [9.17, 15) is 14.4 Å². The van der Waals surface area contributed by atoms with Gasteiger partial charge in [-0.2, -0.15) is 0 Å². The minimum atomic E-state index is -1.13.